The Labute approximate surface area is 214 Å². The fraction of sp³-hybridized carbons (Fsp3) is 0.360. The van der Waals surface area contributed by atoms with Gasteiger partial charge in [0.15, 0.2) is 0 Å². The Morgan fingerprint density at radius 2 is 1.07 bits per heavy atom. The maximum atomic E-state index is 2.52. The van der Waals surface area contributed by atoms with E-state index >= 15 is 0 Å². The van der Waals surface area contributed by atoms with Gasteiger partial charge in [-0.05, 0) is 0 Å². The molecule has 5 heteroatoms. The predicted octanol–water partition coefficient (Wildman–Crippen LogP) is -1.93. The average molecular weight is 514 g/mol. The van der Waals surface area contributed by atoms with Crippen LogP contribution >= 0.6 is 0 Å². The molecule has 0 aliphatic heterocycles. The molecule has 0 unspecified atom stereocenters. The van der Waals surface area contributed by atoms with E-state index in [4.69, 9.17) is 0 Å². The van der Waals surface area contributed by atoms with Crippen molar-refractivity contribution in [1.29, 1.82) is 0 Å². The molecule has 0 aromatic heterocycles. The topological polar surface area (TPSA) is 0 Å². The Kier molecular flexibility index (Phi) is 11.4. The number of aryl methyl sites for hydroxylation is 4. The van der Waals surface area contributed by atoms with Gasteiger partial charge in [-0.25, -0.2) is 0 Å². The standard InChI is InChI=1S/C25H31Si.3ClH.Ti/c1-17-10-18(2)13-22(12-17)25(23-14-19(3)11-20(4)15-23)21-8-9-24(16-21)26(5,6)7;;;;/h8,10-15,25H,9H2,1-7H3;3*1H;/q;;;;+3/p-3. The van der Waals surface area contributed by atoms with Crippen LogP contribution in [0.3, 0.4) is 0 Å². The van der Waals surface area contributed by atoms with Crippen molar-refractivity contribution in [2.75, 3.05) is 0 Å². The van der Waals surface area contributed by atoms with Crippen molar-refractivity contribution in [2.45, 2.75) is 59.7 Å². The molecule has 0 saturated carbocycles. The summed E-state index contributed by atoms with van der Waals surface area (Å²) in [6.45, 7) is 16.3. The summed E-state index contributed by atoms with van der Waals surface area (Å²) in [5, 5.41) is 1.72. The van der Waals surface area contributed by atoms with Crippen molar-refractivity contribution in [3.63, 3.8) is 0 Å². The fourth-order valence-corrected chi connectivity index (χ4v) is 8.35. The monoisotopic (exact) mass is 512 g/mol. The van der Waals surface area contributed by atoms with Gasteiger partial charge in [-0.15, -0.1) is 0 Å². The largest absolute Gasteiger partial charge is 1.00 e. The fourth-order valence-electron chi connectivity index (χ4n) is 4.44. The quantitative estimate of drug-likeness (QED) is 0.418. The van der Waals surface area contributed by atoms with Crippen LogP contribution in [0.2, 0.25) is 19.6 Å². The van der Waals surface area contributed by atoms with Gasteiger partial charge in [0.05, 0.1) is 0 Å². The second-order valence-corrected chi connectivity index (χ2v) is 15.1. The summed E-state index contributed by atoms with van der Waals surface area (Å²) in [5.41, 5.74) is 9.80. The first-order chi connectivity index (χ1) is 12.6. The molecule has 160 valence electrons. The normalized spacial score (nSPS) is 13.5. The molecule has 1 aliphatic carbocycles. The van der Waals surface area contributed by atoms with Crippen LogP contribution in [-0.4, -0.2) is 8.07 Å². The number of rotatable bonds is 4. The molecule has 0 N–H and O–H groups in total. The second kappa shape index (κ2) is 11.5. The van der Waals surface area contributed by atoms with E-state index in [-0.39, 0.29) is 37.2 Å². The molecule has 0 amide bonds. The molecule has 1 aliphatic rings. The third-order valence-electron chi connectivity index (χ3n) is 5.49. The molecule has 0 nitrogen and oxygen atoms in total. The van der Waals surface area contributed by atoms with Gasteiger partial charge >= 0.3 is 179 Å². The molecule has 0 spiro atoms. The Hall–Kier alpha value is -0.279. The van der Waals surface area contributed by atoms with Gasteiger partial charge in [-0.1, -0.05) is 0 Å². The molecule has 0 radical (unpaired) electrons. The summed E-state index contributed by atoms with van der Waals surface area (Å²) in [6, 6.07) is 14.1. The van der Waals surface area contributed by atoms with E-state index in [1.54, 1.807) is 9.07 Å². The van der Waals surface area contributed by atoms with Crippen molar-refractivity contribution < 1.29 is 57.7 Å². The number of allylic oxidation sites excluding steroid dienone is 4. The first-order valence-electron chi connectivity index (χ1n) is 9.88. The molecule has 2 aromatic rings. The van der Waals surface area contributed by atoms with Crippen LogP contribution in [0, 0.1) is 27.7 Å². The van der Waals surface area contributed by atoms with Crippen molar-refractivity contribution in [3.05, 3.63) is 90.5 Å². The number of benzene rings is 2. The molecule has 0 heterocycles. The zero-order valence-corrected chi connectivity index (χ0v) is 23.8. The Morgan fingerprint density at radius 1 is 0.700 bits per heavy atom. The van der Waals surface area contributed by atoms with Crippen LogP contribution < -0.4 is 37.2 Å². The van der Waals surface area contributed by atoms with Crippen molar-refractivity contribution in [3.8, 4) is 0 Å². The average Bonchev–Trinajstić information content (AvgIpc) is 2.87. The summed E-state index contributed by atoms with van der Waals surface area (Å²) in [7, 11) is -1.29. The molecule has 3 rings (SSSR count). The number of hydrogen-bond donors (Lipinski definition) is 0. The van der Waals surface area contributed by atoms with Crippen molar-refractivity contribution >= 4 is 8.07 Å². The van der Waals surface area contributed by atoms with E-state index in [0.29, 0.717) is 5.92 Å². The SMILES string of the molecule is Cc1cc(C)cc(C(C2=CCC([Si](C)(C)C)=[C]2[Ti+3])c2cc(C)cc(C)c2)c1.[Cl-].[Cl-].[Cl-]. The first kappa shape index (κ1) is 29.7. The van der Waals surface area contributed by atoms with E-state index in [2.05, 4.69) is 110 Å². The Bertz CT molecular complexity index is 863. The van der Waals surface area contributed by atoms with Gasteiger partial charge in [0.2, 0.25) is 0 Å². The third-order valence-corrected chi connectivity index (χ3v) is 9.06. The van der Waals surface area contributed by atoms with Gasteiger partial charge in [0.25, 0.3) is 0 Å². The van der Waals surface area contributed by atoms with Crippen LogP contribution in [0.5, 0.6) is 0 Å². The van der Waals surface area contributed by atoms with E-state index in [1.807, 2.05) is 0 Å². The van der Waals surface area contributed by atoms with Crippen LogP contribution in [0.1, 0.15) is 45.7 Å². The molecule has 0 saturated heterocycles. The minimum Gasteiger partial charge on any atom is -1.00 e. The molecule has 30 heavy (non-hydrogen) atoms. The molecule has 0 bridgehead atoms. The smallest absolute Gasteiger partial charge is 1.00 e. The van der Waals surface area contributed by atoms with E-state index < -0.39 is 8.07 Å². The van der Waals surface area contributed by atoms with Crippen LogP contribution in [-0.2, 0) is 20.4 Å². The zero-order chi connectivity index (χ0) is 19.9. The van der Waals surface area contributed by atoms with Crippen LogP contribution in [0.25, 0.3) is 0 Å². The summed E-state index contributed by atoms with van der Waals surface area (Å²) < 4.78 is 1.55. The number of halogens is 3. The minimum absolute atomic E-state index is 0. The maximum Gasteiger partial charge on any atom is -1.00 e. The summed E-state index contributed by atoms with van der Waals surface area (Å²) >= 11 is 2.37. The molecular weight excluding hydrogens is 483 g/mol. The van der Waals surface area contributed by atoms with Gasteiger partial charge in [0.1, 0.15) is 0 Å². The first-order valence-corrected chi connectivity index (χ1v) is 14.2. The third kappa shape index (κ3) is 6.61. The van der Waals surface area contributed by atoms with Crippen molar-refractivity contribution in [1.82, 2.24) is 0 Å². The summed E-state index contributed by atoms with van der Waals surface area (Å²) in [4.78, 5) is 0. The maximum absolute atomic E-state index is 2.52. The molecular formula is C25H31Cl3SiTi. The molecule has 2 aromatic carbocycles. The Balaban J connectivity index is 0.00000280. The zero-order valence-electron chi connectivity index (χ0n) is 19.0. The van der Waals surface area contributed by atoms with E-state index in [0.717, 1.165) is 6.42 Å². The number of hydrogen-bond acceptors (Lipinski definition) is 0. The van der Waals surface area contributed by atoms with E-state index in [9.17, 15) is 0 Å². The van der Waals surface area contributed by atoms with Gasteiger partial charge < -0.3 is 37.2 Å². The van der Waals surface area contributed by atoms with Gasteiger partial charge in [0, 0.05) is 0 Å². The summed E-state index contributed by atoms with van der Waals surface area (Å²) in [6.07, 6.45) is 3.66. The van der Waals surface area contributed by atoms with Crippen molar-refractivity contribution in [2.24, 2.45) is 0 Å². The van der Waals surface area contributed by atoms with Gasteiger partial charge in [-0.3, -0.25) is 0 Å². The second-order valence-electron chi connectivity index (χ2n) is 9.24. The van der Waals surface area contributed by atoms with Crippen LogP contribution in [0.15, 0.2) is 57.1 Å². The molecule has 0 atom stereocenters. The minimum atomic E-state index is -1.29. The summed E-state index contributed by atoms with van der Waals surface area (Å²) in [5.74, 6) is 0.330. The predicted molar refractivity (Wildman–Crippen MR) is 117 cm³/mol. The van der Waals surface area contributed by atoms with Crippen LogP contribution in [0.4, 0.5) is 0 Å². The van der Waals surface area contributed by atoms with E-state index in [1.165, 1.54) is 39.0 Å². The molecule has 0 fully saturated rings. The van der Waals surface area contributed by atoms with Gasteiger partial charge in [-0.2, -0.15) is 0 Å². The Morgan fingerprint density at radius 3 is 1.37 bits per heavy atom.